The third kappa shape index (κ3) is 3.52. The Morgan fingerprint density at radius 1 is 1.16 bits per heavy atom. The summed E-state index contributed by atoms with van der Waals surface area (Å²) in [4.78, 5) is 41.5. The van der Waals surface area contributed by atoms with Gasteiger partial charge in [0, 0.05) is 38.8 Å². The SMILES string of the molecule is COc1cccc(C(=O)N2CCN(C(=O)[C@@H]3CN(C)C(=O)N3)CC2)c1. The van der Waals surface area contributed by atoms with Crippen molar-refractivity contribution in [1.82, 2.24) is 20.0 Å². The van der Waals surface area contributed by atoms with Crippen LogP contribution in [0, 0.1) is 0 Å². The van der Waals surface area contributed by atoms with Crippen LogP contribution in [0.25, 0.3) is 0 Å². The van der Waals surface area contributed by atoms with Gasteiger partial charge in [-0.15, -0.1) is 0 Å². The molecule has 0 aliphatic carbocycles. The lowest BCUT2D eigenvalue weighted by molar-refractivity contribution is -0.134. The molecule has 2 heterocycles. The molecule has 4 amide bonds. The van der Waals surface area contributed by atoms with E-state index in [1.54, 1.807) is 48.2 Å². The van der Waals surface area contributed by atoms with Crippen LogP contribution in [0.5, 0.6) is 5.75 Å². The first-order valence-corrected chi connectivity index (χ1v) is 8.23. The molecule has 0 unspecified atom stereocenters. The molecule has 2 aliphatic heterocycles. The van der Waals surface area contributed by atoms with E-state index in [-0.39, 0.29) is 17.8 Å². The van der Waals surface area contributed by atoms with Crippen molar-refractivity contribution in [3.8, 4) is 5.75 Å². The molecule has 0 aromatic heterocycles. The highest BCUT2D eigenvalue weighted by molar-refractivity contribution is 5.95. The van der Waals surface area contributed by atoms with Gasteiger partial charge in [-0.3, -0.25) is 9.59 Å². The number of amides is 4. The molecule has 1 aromatic rings. The molecule has 1 atom stereocenters. The van der Waals surface area contributed by atoms with E-state index < -0.39 is 6.04 Å². The van der Waals surface area contributed by atoms with Crippen LogP contribution in [0.3, 0.4) is 0 Å². The zero-order valence-electron chi connectivity index (χ0n) is 14.4. The molecule has 1 aromatic carbocycles. The summed E-state index contributed by atoms with van der Waals surface area (Å²) < 4.78 is 5.15. The first kappa shape index (κ1) is 17.1. The summed E-state index contributed by atoms with van der Waals surface area (Å²) in [5, 5.41) is 2.67. The molecule has 2 saturated heterocycles. The maximum atomic E-state index is 12.6. The summed E-state index contributed by atoms with van der Waals surface area (Å²) in [5.41, 5.74) is 0.573. The smallest absolute Gasteiger partial charge is 0.317 e. The second kappa shape index (κ2) is 7.00. The number of methoxy groups -OCH3 is 1. The number of hydrogen-bond acceptors (Lipinski definition) is 4. The topological polar surface area (TPSA) is 82.2 Å². The number of hydrogen-bond donors (Lipinski definition) is 1. The average molecular weight is 346 g/mol. The Kier molecular flexibility index (Phi) is 4.78. The van der Waals surface area contributed by atoms with E-state index in [2.05, 4.69) is 5.32 Å². The van der Waals surface area contributed by atoms with Crippen molar-refractivity contribution in [2.75, 3.05) is 46.9 Å². The van der Waals surface area contributed by atoms with Gasteiger partial charge in [-0.1, -0.05) is 6.07 Å². The number of nitrogens with zero attached hydrogens (tertiary/aromatic N) is 3. The number of rotatable bonds is 3. The van der Waals surface area contributed by atoms with Gasteiger partial charge in [0.25, 0.3) is 5.91 Å². The van der Waals surface area contributed by atoms with Gasteiger partial charge in [-0.25, -0.2) is 4.79 Å². The van der Waals surface area contributed by atoms with Crippen LogP contribution in [0.2, 0.25) is 0 Å². The van der Waals surface area contributed by atoms with Gasteiger partial charge in [-0.2, -0.15) is 0 Å². The lowest BCUT2D eigenvalue weighted by atomic mass is 10.1. The molecular formula is C17H22N4O4. The predicted octanol–water partition coefficient (Wildman–Crippen LogP) is 0.00320. The second-order valence-electron chi connectivity index (χ2n) is 6.23. The van der Waals surface area contributed by atoms with E-state index in [1.807, 2.05) is 0 Å². The molecular weight excluding hydrogens is 324 g/mol. The molecule has 25 heavy (non-hydrogen) atoms. The highest BCUT2D eigenvalue weighted by Crippen LogP contribution is 2.16. The third-order valence-corrected chi connectivity index (χ3v) is 4.59. The van der Waals surface area contributed by atoms with E-state index in [9.17, 15) is 14.4 Å². The number of benzene rings is 1. The molecule has 0 bridgehead atoms. The molecule has 3 rings (SSSR count). The normalized spacial score (nSPS) is 20.5. The second-order valence-corrected chi connectivity index (χ2v) is 6.23. The summed E-state index contributed by atoms with van der Waals surface area (Å²) in [6.07, 6.45) is 0. The van der Waals surface area contributed by atoms with Gasteiger partial charge in [0.1, 0.15) is 11.8 Å². The summed E-state index contributed by atoms with van der Waals surface area (Å²) in [5.74, 6) is 0.479. The zero-order valence-corrected chi connectivity index (χ0v) is 14.4. The van der Waals surface area contributed by atoms with Gasteiger partial charge in [0.15, 0.2) is 0 Å². The van der Waals surface area contributed by atoms with Gasteiger partial charge < -0.3 is 24.8 Å². The molecule has 2 fully saturated rings. The Bertz CT molecular complexity index is 685. The van der Waals surface area contributed by atoms with E-state index >= 15 is 0 Å². The first-order chi connectivity index (χ1) is 12.0. The summed E-state index contributed by atoms with van der Waals surface area (Å²) >= 11 is 0. The molecule has 0 spiro atoms. The largest absolute Gasteiger partial charge is 0.497 e. The molecule has 0 radical (unpaired) electrons. The maximum absolute atomic E-state index is 12.6. The fraction of sp³-hybridized carbons (Fsp3) is 0.471. The van der Waals surface area contributed by atoms with Crippen LogP contribution in [0.1, 0.15) is 10.4 Å². The molecule has 134 valence electrons. The van der Waals surface area contributed by atoms with Crippen LogP contribution >= 0.6 is 0 Å². The fourth-order valence-electron chi connectivity index (χ4n) is 3.09. The van der Waals surface area contributed by atoms with E-state index in [0.717, 1.165) is 0 Å². The van der Waals surface area contributed by atoms with Crippen LogP contribution in [-0.2, 0) is 4.79 Å². The monoisotopic (exact) mass is 346 g/mol. The highest BCUT2D eigenvalue weighted by atomic mass is 16.5. The summed E-state index contributed by atoms with van der Waals surface area (Å²) in [6.45, 7) is 2.24. The Balaban J connectivity index is 1.57. The van der Waals surface area contributed by atoms with Crippen molar-refractivity contribution in [1.29, 1.82) is 0 Å². The van der Waals surface area contributed by atoms with Gasteiger partial charge >= 0.3 is 6.03 Å². The van der Waals surface area contributed by atoms with E-state index in [0.29, 0.717) is 44.0 Å². The van der Waals surface area contributed by atoms with Crippen molar-refractivity contribution >= 4 is 17.8 Å². The first-order valence-electron chi connectivity index (χ1n) is 8.23. The number of carbonyl (C=O) groups is 3. The Hall–Kier alpha value is -2.77. The van der Waals surface area contributed by atoms with Crippen LogP contribution in [0.15, 0.2) is 24.3 Å². The number of carbonyl (C=O) groups excluding carboxylic acids is 3. The minimum Gasteiger partial charge on any atom is -0.497 e. The predicted molar refractivity (Wildman–Crippen MR) is 90.4 cm³/mol. The standard InChI is InChI=1S/C17H22N4O4/c1-19-11-14(18-17(19)24)16(23)21-8-6-20(7-9-21)15(22)12-4-3-5-13(10-12)25-2/h3-5,10,14H,6-9,11H2,1-2H3,(H,18,24)/t14-/m0/s1. The van der Waals surface area contributed by atoms with E-state index in [1.165, 1.54) is 4.90 Å². The van der Waals surface area contributed by atoms with Crippen molar-refractivity contribution in [2.24, 2.45) is 0 Å². The van der Waals surface area contributed by atoms with E-state index in [4.69, 9.17) is 4.74 Å². The van der Waals surface area contributed by atoms with Crippen molar-refractivity contribution < 1.29 is 19.1 Å². The fourth-order valence-corrected chi connectivity index (χ4v) is 3.09. The Morgan fingerprint density at radius 2 is 1.84 bits per heavy atom. The van der Waals surface area contributed by atoms with Crippen molar-refractivity contribution in [3.05, 3.63) is 29.8 Å². The summed E-state index contributed by atoms with van der Waals surface area (Å²) in [7, 11) is 3.22. The minimum absolute atomic E-state index is 0.0695. The maximum Gasteiger partial charge on any atom is 0.317 e. The Morgan fingerprint density at radius 3 is 2.44 bits per heavy atom. The van der Waals surface area contributed by atoms with Crippen LogP contribution < -0.4 is 10.1 Å². The summed E-state index contributed by atoms with van der Waals surface area (Å²) in [6, 6.07) is 6.31. The quantitative estimate of drug-likeness (QED) is 0.835. The zero-order chi connectivity index (χ0) is 18.0. The van der Waals surface area contributed by atoms with Crippen molar-refractivity contribution in [3.63, 3.8) is 0 Å². The van der Waals surface area contributed by atoms with Crippen molar-refractivity contribution in [2.45, 2.75) is 6.04 Å². The third-order valence-electron chi connectivity index (χ3n) is 4.59. The molecule has 8 heteroatoms. The molecule has 0 saturated carbocycles. The number of piperazine rings is 1. The highest BCUT2D eigenvalue weighted by Gasteiger charge is 2.35. The van der Waals surface area contributed by atoms with Gasteiger partial charge in [0.05, 0.1) is 13.7 Å². The number of urea groups is 1. The van der Waals surface area contributed by atoms with Gasteiger partial charge in [-0.05, 0) is 18.2 Å². The molecule has 8 nitrogen and oxygen atoms in total. The minimum atomic E-state index is -0.502. The Labute approximate surface area is 146 Å². The van der Waals surface area contributed by atoms with Crippen LogP contribution in [0.4, 0.5) is 4.79 Å². The number of ether oxygens (including phenoxy) is 1. The van der Waals surface area contributed by atoms with Crippen LogP contribution in [-0.4, -0.2) is 85.5 Å². The number of likely N-dealkylation sites (N-methyl/N-ethyl adjacent to an activating group) is 1. The lowest BCUT2D eigenvalue weighted by Crippen LogP contribution is -2.54. The number of nitrogens with one attached hydrogen (secondary N) is 1. The average Bonchev–Trinajstić information content (AvgIpc) is 2.99. The molecule has 2 aliphatic rings. The molecule has 1 N–H and O–H groups in total. The lowest BCUT2D eigenvalue weighted by Gasteiger charge is -2.35. The van der Waals surface area contributed by atoms with Gasteiger partial charge in [0.2, 0.25) is 5.91 Å².